The molecular formula is C16H20N4O4S. The fourth-order valence-electron chi connectivity index (χ4n) is 2.26. The van der Waals surface area contributed by atoms with Crippen LogP contribution in [0.3, 0.4) is 0 Å². The molecule has 134 valence electrons. The zero-order valence-electron chi connectivity index (χ0n) is 14.3. The minimum absolute atomic E-state index is 0.0754. The smallest absolute Gasteiger partial charge is 0.275 e. The van der Waals surface area contributed by atoms with Crippen LogP contribution in [0.2, 0.25) is 0 Å². The summed E-state index contributed by atoms with van der Waals surface area (Å²) in [6.45, 7) is 4.24. The van der Waals surface area contributed by atoms with Crippen LogP contribution in [0.5, 0.6) is 5.75 Å². The van der Waals surface area contributed by atoms with Crippen molar-refractivity contribution in [3.63, 3.8) is 0 Å². The van der Waals surface area contributed by atoms with Crippen molar-refractivity contribution in [1.82, 2.24) is 14.3 Å². The highest BCUT2D eigenvalue weighted by Gasteiger charge is 2.23. The number of hydrogen-bond donors (Lipinski definition) is 1. The van der Waals surface area contributed by atoms with E-state index < -0.39 is 15.9 Å². The van der Waals surface area contributed by atoms with E-state index in [2.05, 4.69) is 15.3 Å². The molecule has 0 aliphatic heterocycles. The van der Waals surface area contributed by atoms with E-state index in [4.69, 9.17) is 4.74 Å². The lowest BCUT2D eigenvalue weighted by atomic mass is 10.2. The number of rotatable bonds is 7. The van der Waals surface area contributed by atoms with Gasteiger partial charge in [0.1, 0.15) is 11.4 Å². The predicted octanol–water partition coefficient (Wildman–Crippen LogP) is 1.77. The Hall–Kier alpha value is -2.52. The van der Waals surface area contributed by atoms with E-state index in [1.807, 2.05) is 0 Å². The van der Waals surface area contributed by atoms with Crippen LogP contribution in [0.25, 0.3) is 0 Å². The van der Waals surface area contributed by atoms with E-state index in [9.17, 15) is 13.2 Å². The first kappa shape index (κ1) is 18.8. The molecule has 1 amide bonds. The maximum atomic E-state index is 12.7. The largest absolute Gasteiger partial charge is 0.495 e. The molecule has 2 rings (SSSR count). The number of carbonyl (C=O) groups is 1. The van der Waals surface area contributed by atoms with Crippen LogP contribution in [0.4, 0.5) is 5.69 Å². The average molecular weight is 364 g/mol. The van der Waals surface area contributed by atoms with Gasteiger partial charge < -0.3 is 10.1 Å². The molecule has 1 aromatic carbocycles. The zero-order chi connectivity index (χ0) is 18.4. The van der Waals surface area contributed by atoms with Crippen molar-refractivity contribution in [3.8, 4) is 5.75 Å². The lowest BCUT2D eigenvalue weighted by molar-refractivity contribution is 0.102. The van der Waals surface area contributed by atoms with Crippen molar-refractivity contribution in [3.05, 3.63) is 42.5 Å². The van der Waals surface area contributed by atoms with Gasteiger partial charge in [0.25, 0.3) is 5.91 Å². The monoisotopic (exact) mass is 364 g/mol. The van der Waals surface area contributed by atoms with Gasteiger partial charge in [0, 0.05) is 25.5 Å². The number of sulfonamides is 1. The minimum Gasteiger partial charge on any atom is -0.495 e. The molecule has 0 unspecified atom stereocenters. The number of carbonyl (C=O) groups excluding carboxylic acids is 1. The first-order chi connectivity index (χ1) is 11.9. The van der Waals surface area contributed by atoms with E-state index >= 15 is 0 Å². The molecule has 0 saturated carbocycles. The van der Waals surface area contributed by atoms with Gasteiger partial charge in [-0.1, -0.05) is 13.8 Å². The van der Waals surface area contributed by atoms with Gasteiger partial charge in [-0.25, -0.2) is 13.4 Å². The van der Waals surface area contributed by atoms with E-state index in [1.54, 1.807) is 13.8 Å². The van der Waals surface area contributed by atoms with Crippen molar-refractivity contribution in [2.75, 3.05) is 25.5 Å². The number of ether oxygens (including phenoxy) is 1. The molecule has 0 aliphatic carbocycles. The third-order valence-electron chi connectivity index (χ3n) is 3.56. The topological polar surface area (TPSA) is 101 Å². The molecule has 1 N–H and O–H groups in total. The van der Waals surface area contributed by atoms with Gasteiger partial charge in [-0.3, -0.25) is 9.78 Å². The molecule has 0 fully saturated rings. The molecule has 0 atom stereocenters. The van der Waals surface area contributed by atoms with Crippen molar-refractivity contribution in [2.24, 2.45) is 0 Å². The zero-order valence-corrected chi connectivity index (χ0v) is 15.1. The Morgan fingerprint density at radius 1 is 1.24 bits per heavy atom. The summed E-state index contributed by atoms with van der Waals surface area (Å²) in [5.74, 6) is -0.167. The van der Waals surface area contributed by atoms with Crippen molar-refractivity contribution < 1.29 is 17.9 Å². The first-order valence-electron chi connectivity index (χ1n) is 7.69. The van der Waals surface area contributed by atoms with Crippen LogP contribution in [0.1, 0.15) is 24.3 Å². The number of amides is 1. The average Bonchev–Trinajstić information content (AvgIpc) is 2.63. The van der Waals surface area contributed by atoms with Crippen molar-refractivity contribution in [1.29, 1.82) is 0 Å². The second-order valence-corrected chi connectivity index (χ2v) is 6.93. The Morgan fingerprint density at radius 2 is 1.96 bits per heavy atom. The van der Waals surface area contributed by atoms with Gasteiger partial charge in [0.2, 0.25) is 10.0 Å². The van der Waals surface area contributed by atoms with E-state index in [-0.39, 0.29) is 16.3 Å². The highest BCUT2D eigenvalue weighted by Crippen LogP contribution is 2.29. The molecule has 0 bridgehead atoms. The summed E-state index contributed by atoms with van der Waals surface area (Å²) in [5, 5.41) is 2.62. The molecule has 2 aromatic rings. The summed E-state index contributed by atoms with van der Waals surface area (Å²) >= 11 is 0. The Kier molecular flexibility index (Phi) is 6.05. The maximum Gasteiger partial charge on any atom is 0.275 e. The standard InChI is InChI=1S/C16H20N4O4S/c1-4-20(5-2)25(22,23)12-6-7-15(24-3)13(10-12)19-16(21)14-11-17-8-9-18-14/h6-11H,4-5H2,1-3H3,(H,19,21). The quantitative estimate of drug-likeness (QED) is 0.803. The van der Waals surface area contributed by atoms with Crippen molar-refractivity contribution >= 4 is 21.6 Å². The molecule has 1 heterocycles. The fraction of sp³-hybridized carbons (Fsp3) is 0.312. The molecule has 9 heteroatoms. The Labute approximate surface area is 146 Å². The molecule has 0 saturated heterocycles. The maximum absolute atomic E-state index is 12.7. The number of nitrogens with zero attached hydrogens (tertiary/aromatic N) is 3. The molecular weight excluding hydrogens is 344 g/mol. The number of methoxy groups -OCH3 is 1. The van der Waals surface area contributed by atoms with E-state index in [0.717, 1.165) is 0 Å². The normalized spacial score (nSPS) is 11.4. The molecule has 0 spiro atoms. The summed E-state index contributed by atoms with van der Waals surface area (Å²) in [5.41, 5.74) is 0.355. The Bertz CT molecular complexity index is 836. The molecule has 8 nitrogen and oxygen atoms in total. The van der Waals surface area contributed by atoms with Crippen LogP contribution in [0, 0.1) is 0 Å². The number of benzene rings is 1. The third kappa shape index (κ3) is 4.12. The van der Waals surface area contributed by atoms with Crippen LogP contribution in [-0.2, 0) is 10.0 Å². The Morgan fingerprint density at radius 3 is 2.52 bits per heavy atom. The number of anilines is 1. The molecule has 25 heavy (non-hydrogen) atoms. The van der Waals surface area contributed by atoms with Crippen LogP contribution in [-0.4, -0.2) is 48.8 Å². The molecule has 0 aliphatic rings. The summed E-state index contributed by atoms with van der Waals surface area (Å²) in [7, 11) is -2.21. The summed E-state index contributed by atoms with van der Waals surface area (Å²) in [6, 6.07) is 4.33. The van der Waals surface area contributed by atoms with Gasteiger partial charge in [0.15, 0.2) is 0 Å². The van der Waals surface area contributed by atoms with Gasteiger partial charge in [-0.15, -0.1) is 0 Å². The summed E-state index contributed by atoms with van der Waals surface area (Å²) < 4.78 is 31.8. The van der Waals surface area contributed by atoms with Gasteiger partial charge in [0.05, 0.1) is 23.9 Å². The number of nitrogens with one attached hydrogen (secondary N) is 1. The predicted molar refractivity (Wildman–Crippen MR) is 93.1 cm³/mol. The number of aromatic nitrogens is 2. The highest BCUT2D eigenvalue weighted by molar-refractivity contribution is 7.89. The second-order valence-electron chi connectivity index (χ2n) is 5.00. The lowest BCUT2D eigenvalue weighted by Gasteiger charge is -2.19. The Balaban J connectivity index is 2.39. The number of hydrogen-bond acceptors (Lipinski definition) is 6. The minimum atomic E-state index is -3.65. The second kappa shape index (κ2) is 8.04. The summed E-state index contributed by atoms with van der Waals surface area (Å²) in [4.78, 5) is 20.1. The van der Waals surface area contributed by atoms with E-state index in [0.29, 0.717) is 18.8 Å². The highest BCUT2D eigenvalue weighted by atomic mass is 32.2. The van der Waals surface area contributed by atoms with E-state index in [1.165, 1.54) is 48.2 Å². The first-order valence-corrected chi connectivity index (χ1v) is 9.13. The van der Waals surface area contributed by atoms with Gasteiger partial charge in [-0.05, 0) is 18.2 Å². The third-order valence-corrected chi connectivity index (χ3v) is 5.60. The van der Waals surface area contributed by atoms with Crippen LogP contribution in [0.15, 0.2) is 41.7 Å². The van der Waals surface area contributed by atoms with Crippen molar-refractivity contribution in [2.45, 2.75) is 18.7 Å². The fourth-order valence-corrected chi connectivity index (χ4v) is 3.75. The SMILES string of the molecule is CCN(CC)S(=O)(=O)c1ccc(OC)c(NC(=O)c2cnccn2)c1. The van der Waals surface area contributed by atoms with Crippen LogP contribution < -0.4 is 10.1 Å². The summed E-state index contributed by atoms with van der Waals surface area (Å²) in [6.07, 6.45) is 4.17. The van der Waals surface area contributed by atoms with Gasteiger partial charge in [-0.2, -0.15) is 4.31 Å². The molecule has 0 radical (unpaired) electrons. The van der Waals surface area contributed by atoms with Crippen LogP contribution >= 0.6 is 0 Å². The van der Waals surface area contributed by atoms with Gasteiger partial charge >= 0.3 is 0 Å². The lowest BCUT2D eigenvalue weighted by Crippen LogP contribution is -2.30. The molecule has 1 aromatic heterocycles.